The zero-order valence-corrected chi connectivity index (χ0v) is 24.6. The molecule has 12 atom stereocenters. The third-order valence-corrected chi connectivity index (χ3v) is 11.3. The molecular formula is C24H39Cl2F2N7O3S. The summed E-state index contributed by atoms with van der Waals surface area (Å²) in [6, 6.07) is -1.06. The summed E-state index contributed by atoms with van der Waals surface area (Å²) < 4.78 is 32.9. The fraction of sp³-hybridized carbons (Fsp3) is 0.917. The molecule has 0 bridgehead atoms. The Morgan fingerprint density at radius 3 is 2.59 bits per heavy atom. The Morgan fingerprint density at radius 2 is 1.90 bits per heavy atom. The van der Waals surface area contributed by atoms with E-state index >= 15 is 0 Å². The summed E-state index contributed by atoms with van der Waals surface area (Å²) in [6.07, 6.45) is -1.10. The number of carbonyl (C=O) groups excluding carboxylic acids is 2. The number of nitrogens with one attached hydrogen (secondary N) is 5. The van der Waals surface area contributed by atoms with Gasteiger partial charge in [-0.2, -0.15) is 0 Å². The summed E-state index contributed by atoms with van der Waals surface area (Å²) in [6.45, 7) is 4.19. The molecule has 5 aliphatic heterocycles. The van der Waals surface area contributed by atoms with E-state index in [1.54, 1.807) is 30.8 Å². The van der Waals surface area contributed by atoms with Crippen LogP contribution in [0.4, 0.5) is 8.78 Å². The minimum Gasteiger partial charge on any atom is -0.380 e. The zero-order chi connectivity index (χ0) is 28.0. The Kier molecular flexibility index (Phi) is 9.51. The van der Waals surface area contributed by atoms with Gasteiger partial charge in [0.15, 0.2) is 0 Å². The SMILES string of the molecule is COC1CNC(Cl)CC1C1CC(C)NCC1C(=O)NC1NC2CN(C(=O)C3C(C(F)F)NN(C)C3Cl)CC2S1. The first-order valence-electron chi connectivity index (χ1n) is 13.6. The first-order chi connectivity index (χ1) is 18.6. The molecule has 39 heavy (non-hydrogen) atoms. The minimum atomic E-state index is -2.71. The lowest BCUT2D eigenvalue weighted by Gasteiger charge is -2.45. The van der Waals surface area contributed by atoms with E-state index in [4.69, 9.17) is 27.9 Å². The molecule has 10 nitrogen and oxygen atoms in total. The number of piperidine rings is 2. The normalized spacial score (nSPS) is 45.1. The van der Waals surface area contributed by atoms with Crippen LogP contribution in [0.3, 0.4) is 0 Å². The Bertz CT molecular complexity index is 902. The average Bonchev–Trinajstić information content (AvgIpc) is 3.55. The van der Waals surface area contributed by atoms with Crippen molar-refractivity contribution in [2.45, 2.75) is 72.2 Å². The van der Waals surface area contributed by atoms with E-state index in [0.29, 0.717) is 32.2 Å². The molecule has 0 aromatic rings. The van der Waals surface area contributed by atoms with Gasteiger partial charge >= 0.3 is 0 Å². The van der Waals surface area contributed by atoms with Gasteiger partial charge in [0.25, 0.3) is 6.43 Å². The van der Waals surface area contributed by atoms with Crippen molar-refractivity contribution in [3.63, 3.8) is 0 Å². The third-order valence-electron chi connectivity index (χ3n) is 9.01. The van der Waals surface area contributed by atoms with Crippen molar-refractivity contribution >= 4 is 46.8 Å². The smallest absolute Gasteiger partial charge is 0.255 e. The Hall–Kier alpha value is -0.510. The number of likely N-dealkylation sites (tertiary alicyclic amines) is 1. The first kappa shape index (κ1) is 30.0. The van der Waals surface area contributed by atoms with Crippen molar-refractivity contribution in [3.8, 4) is 0 Å². The van der Waals surface area contributed by atoms with Gasteiger partial charge in [-0.05, 0) is 31.6 Å². The Morgan fingerprint density at radius 1 is 1.13 bits per heavy atom. The maximum Gasteiger partial charge on any atom is 0.255 e. The van der Waals surface area contributed by atoms with Gasteiger partial charge in [0.1, 0.15) is 11.0 Å². The number of methoxy groups -OCH3 is 1. The zero-order valence-electron chi connectivity index (χ0n) is 22.3. The highest BCUT2D eigenvalue weighted by atomic mass is 35.5. The van der Waals surface area contributed by atoms with Gasteiger partial charge < -0.3 is 20.3 Å². The van der Waals surface area contributed by atoms with Crippen molar-refractivity contribution in [1.82, 2.24) is 36.6 Å². The molecular weight excluding hydrogens is 575 g/mol. The molecule has 222 valence electrons. The van der Waals surface area contributed by atoms with Crippen LogP contribution in [-0.2, 0) is 14.3 Å². The molecule has 0 aromatic heterocycles. The average molecular weight is 615 g/mol. The summed E-state index contributed by atoms with van der Waals surface area (Å²) in [5.74, 6) is -1.32. The highest BCUT2D eigenvalue weighted by molar-refractivity contribution is 8.00. The van der Waals surface area contributed by atoms with Crippen LogP contribution in [0.5, 0.6) is 0 Å². The van der Waals surface area contributed by atoms with Gasteiger partial charge in [-0.25, -0.2) is 19.2 Å². The molecule has 0 radical (unpaired) electrons. The van der Waals surface area contributed by atoms with Crippen molar-refractivity contribution in [3.05, 3.63) is 0 Å². The van der Waals surface area contributed by atoms with E-state index in [1.807, 2.05) is 0 Å². The number of hydrazine groups is 1. The number of nitrogens with zero attached hydrogens (tertiary/aromatic N) is 2. The topological polar surface area (TPSA) is 110 Å². The number of alkyl halides is 4. The number of fused-ring (bicyclic) bond motifs is 1. The molecule has 12 unspecified atom stereocenters. The highest BCUT2D eigenvalue weighted by Crippen LogP contribution is 2.39. The molecule has 5 heterocycles. The van der Waals surface area contributed by atoms with Crippen LogP contribution in [0.2, 0.25) is 0 Å². The van der Waals surface area contributed by atoms with Gasteiger partial charge in [-0.1, -0.05) is 0 Å². The van der Waals surface area contributed by atoms with Crippen LogP contribution < -0.4 is 26.7 Å². The van der Waals surface area contributed by atoms with Crippen LogP contribution in [0.15, 0.2) is 0 Å². The van der Waals surface area contributed by atoms with E-state index in [1.165, 1.54) is 5.01 Å². The summed E-state index contributed by atoms with van der Waals surface area (Å²) in [5.41, 5.74) is 1.34. The van der Waals surface area contributed by atoms with E-state index in [-0.39, 0.29) is 58.0 Å². The molecule has 5 N–H and O–H groups in total. The number of amides is 2. The molecule has 5 rings (SSSR count). The number of hydrogen-bond donors (Lipinski definition) is 5. The van der Waals surface area contributed by atoms with E-state index in [9.17, 15) is 18.4 Å². The summed E-state index contributed by atoms with van der Waals surface area (Å²) in [4.78, 5) is 28.4. The van der Waals surface area contributed by atoms with Gasteiger partial charge in [0.05, 0.1) is 29.5 Å². The molecule has 0 aliphatic carbocycles. The van der Waals surface area contributed by atoms with Gasteiger partial charge in [0.2, 0.25) is 11.8 Å². The van der Waals surface area contributed by atoms with Crippen LogP contribution >= 0.6 is 35.0 Å². The van der Waals surface area contributed by atoms with E-state index in [0.717, 1.165) is 12.8 Å². The lowest BCUT2D eigenvalue weighted by Crippen LogP contribution is -2.57. The minimum absolute atomic E-state index is 0.000402. The molecule has 15 heteroatoms. The predicted octanol–water partition coefficient (Wildman–Crippen LogP) is 0.370. The number of carbonyl (C=O) groups is 2. The number of hydrogen-bond acceptors (Lipinski definition) is 9. The van der Waals surface area contributed by atoms with Gasteiger partial charge in [0, 0.05) is 57.7 Å². The lowest BCUT2D eigenvalue weighted by atomic mass is 9.70. The summed E-state index contributed by atoms with van der Waals surface area (Å²) in [7, 11) is 3.27. The molecule has 5 saturated heterocycles. The monoisotopic (exact) mass is 613 g/mol. The number of halogens is 4. The Balaban J connectivity index is 1.18. The maximum absolute atomic E-state index is 13.6. The second-order valence-electron chi connectivity index (χ2n) is 11.4. The second-order valence-corrected chi connectivity index (χ2v) is 13.8. The number of rotatable bonds is 6. The largest absolute Gasteiger partial charge is 0.380 e. The first-order valence-corrected chi connectivity index (χ1v) is 15.4. The van der Waals surface area contributed by atoms with Crippen LogP contribution in [0, 0.1) is 23.7 Å². The molecule has 2 amide bonds. The number of thioether (sulfide) groups is 1. The van der Waals surface area contributed by atoms with Crippen molar-refractivity contribution in [2.24, 2.45) is 23.7 Å². The van der Waals surface area contributed by atoms with Crippen molar-refractivity contribution < 1.29 is 23.1 Å². The van der Waals surface area contributed by atoms with E-state index in [2.05, 4.69) is 33.6 Å². The fourth-order valence-electron chi connectivity index (χ4n) is 6.94. The fourth-order valence-corrected chi connectivity index (χ4v) is 8.96. The Labute approximate surface area is 242 Å². The second kappa shape index (κ2) is 12.4. The highest BCUT2D eigenvalue weighted by Gasteiger charge is 2.52. The molecule has 0 saturated carbocycles. The quantitative estimate of drug-likeness (QED) is 0.214. The van der Waals surface area contributed by atoms with Crippen LogP contribution in [0.25, 0.3) is 0 Å². The number of ether oxygens (including phenoxy) is 1. The van der Waals surface area contributed by atoms with Crippen LogP contribution in [0.1, 0.15) is 19.8 Å². The van der Waals surface area contributed by atoms with Crippen molar-refractivity contribution in [1.29, 1.82) is 0 Å². The lowest BCUT2D eigenvalue weighted by molar-refractivity contribution is -0.136. The molecule has 0 aromatic carbocycles. The van der Waals surface area contributed by atoms with Gasteiger partial charge in [-0.15, -0.1) is 35.0 Å². The molecule has 0 spiro atoms. The maximum atomic E-state index is 13.6. The summed E-state index contributed by atoms with van der Waals surface area (Å²) >= 11 is 14.3. The van der Waals surface area contributed by atoms with Crippen LogP contribution in [-0.4, -0.2) is 114 Å². The van der Waals surface area contributed by atoms with E-state index < -0.39 is 23.9 Å². The van der Waals surface area contributed by atoms with Gasteiger partial charge in [-0.3, -0.25) is 20.2 Å². The molecule has 5 aliphatic rings. The standard InChI is InChI=1S/C24H39Cl2F2N7O3S/c1-10-4-11(12-5-17(25)30-7-15(12)38-3)13(6-29-10)22(36)32-24-31-14-8-35(9-16(14)39-24)23(37)18-19(21(27)28)33-34(2)20(18)26/h10-21,24,29-31,33H,4-9H2,1-3H3,(H,32,36). The molecule has 5 fully saturated rings. The van der Waals surface area contributed by atoms with Crippen molar-refractivity contribution in [2.75, 3.05) is 40.3 Å². The third kappa shape index (κ3) is 6.17. The predicted molar refractivity (Wildman–Crippen MR) is 146 cm³/mol. The summed E-state index contributed by atoms with van der Waals surface area (Å²) in [5, 5.41) is 14.8.